The zero-order valence-corrected chi connectivity index (χ0v) is 13.6. The number of hydrogen-bond acceptors (Lipinski definition) is 5. The first-order valence-corrected chi connectivity index (χ1v) is 7.19. The van der Waals surface area contributed by atoms with Crippen LogP contribution in [0.5, 0.6) is 11.5 Å². The monoisotopic (exact) mass is 322 g/mol. The van der Waals surface area contributed by atoms with Crippen molar-refractivity contribution in [2.45, 2.75) is 39.5 Å². The summed E-state index contributed by atoms with van der Waals surface area (Å²) >= 11 is 0. The molecular formula is C16H22N2O5. The van der Waals surface area contributed by atoms with Gasteiger partial charge < -0.3 is 20.4 Å². The average Bonchev–Trinajstić information content (AvgIpc) is 2.46. The molecule has 0 saturated carbocycles. The Morgan fingerprint density at radius 1 is 0.957 bits per heavy atom. The molecule has 126 valence electrons. The summed E-state index contributed by atoms with van der Waals surface area (Å²) in [5.41, 5.74) is 0.530. The second kappa shape index (κ2) is 7.53. The molecule has 7 nitrogen and oxygen atoms in total. The predicted molar refractivity (Wildman–Crippen MR) is 86.5 cm³/mol. The zero-order valence-electron chi connectivity index (χ0n) is 13.6. The first kappa shape index (κ1) is 18.3. The number of aromatic hydroxyl groups is 2. The van der Waals surface area contributed by atoms with E-state index in [1.165, 1.54) is 18.3 Å². The van der Waals surface area contributed by atoms with Crippen LogP contribution in [-0.4, -0.2) is 25.1 Å². The Hall–Kier alpha value is -2.70. The molecule has 2 aromatic rings. The molecule has 0 atom stereocenters. The van der Waals surface area contributed by atoms with Crippen LogP contribution in [0.1, 0.15) is 50.9 Å². The van der Waals surface area contributed by atoms with Gasteiger partial charge in [-0.2, -0.15) is 4.73 Å². The van der Waals surface area contributed by atoms with Crippen LogP contribution in [0.3, 0.4) is 0 Å². The summed E-state index contributed by atoms with van der Waals surface area (Å²) in [6, 6.07) is 2.64. The maximum Gasteiger partial charge on any atom is 0.223 e. The molecule has 0 aliphatic heterocycles. The van der Waals surface area contributed by atoms with E-state index in [2.05, 4.69) is 4.98 Å². The molecule has 23 heavy (non-hydrogen) atoms. The second-order valence-electron chi connectivity index (χ2n) is 5.74. The second-order valence-corrected chi connectivity index (χ2v) is 5.74. The highest BCUT2D eigenvalue weighted by Gasteiger charge is 2.07. The summed E-state index contributed by atoms with van der Waals surface area (Å²) in [7, 11) is 0. The highest BCUT2D eigenvalue weighted by molar-refractivity contribution is 5.21. The van der Waals surface area contributed by atoms with E-state index in [-0.39, 0.29) is 23.0 Å². The van der Waals surface area contributed by atoms with E-state index in [0.717, 1.165) is 16.6 Å². The summed E-state index contributed by atoms with van der Waals surface area (Å²) in [4.78, 5) is 24.6. The minimum Gasteiger partial charge on any atom is -0.503 e. The lowest BCUT2D eigenvalue weighted by atomic mass is 10.1. The summed E-state index contributed by atoms with van der Waals surface area (Å²) in [6.45, 7) is 7.64. The Kier molecular flexibility index (Phi) is 6.01. The Morgan fingerprint density at radius 3 is 2.00 bits per heavy atom. The van der Waals surface area contributed by atoms with Crippen molar-refractivity contribution in [3.05, 3.63) is 56.4 Å². The largest absolute Gasteiger partial charge is 0.503 e. The van der Waals surface area contributed by atoms with Crippen molar-refractivity contribution in [2.75, 3.05) is 0 Å². The number of aromatic amines is 1. The molecule has 0 aliphatic rings. The van der Waals surface area contributed by atoms with E-state index in [4.69, 9.17) is 10.2 Å². The number of H-pyrrole nitrogens is 1. The molecule has 0 aliphatic carbocycles. The normalized spacial score (nSPS) is 10.5. The van der Waals surface area contributed by atoms with Crippen LogP contribution in [0.25, 0.3) is 0 Å². The Bertz CT molecular complexity index is 775. The van der Waals surface area contributed by atoms with Crippen molar-refractivity contribution in [2.24, 2.45) is 0 Å². The lowest BCUT2D eigenvalue weighted by Crippen LogP contribution is -2.10. The summed E-state index contributed by atoms with van der Waals surface area (Å²) in [5, 5.41) is 27.0. The van der Waals surface area contributed by atoms with Crippen molar-refractivity contribution in [3.63, 3.8) is 0 Å². The Labute approximate surface area is 133 Å². The molecule has 7 heteroatoms. The van der Waals surface area contributed by atoms with Gasteiger partial charge in [0.05, 0.1) is 11.9 Å². The van der Waals surface area contributed by atoms with Gasteiger partial charge in [0.25, 0.3) is 0 Å². The molecule has 0 aromatic carbocycles. The smallest absolute Gasteiger partial charge is 0.223 e. The van der Waals surface area contributed by atoms with Gasteiger partial charge in [0.1, 0.15) is 0 Å². The minimum atomic E-state index is -0.469. The van der Waals surface area contributed by atoms with Crippen LogP contribution in [0.2, 0.25) is 0 Å². The lowest BCUT2D eigenvalue weighted by Gasteiger charge is -2.09. The third-order valence-corrected chi connectivity index (χ3v) is 3.17. The molecule has 0 radical (unpaired) electrons. The lowest BCUT2D eigenvalue weighted by molar-refractivity contribution is 0.168. The number of rotatable bonds is 2. The Balaban J connectivity index is 0.000000231. The fraction of sp³-hybridized carbons (Fsp3) is 0.375. The first-order chi connectivity index (χ1) is 10.6. The molecular weight excluding hydrogens is 300 g/mol. The average molecular weight is 322 g/mol. The van der Waals surface area contributed by atoms with Gasteiger partial charge >= 0.3 is 0 Å². The topological polar surface area (TPSA) is 116 Å². The van der Waals surface area contributed by atoms with Crippen LogP contribution >= 0.6 is 0 Å². The maximum atomic E-state index is 10.9. The van der Waals surface area contributed by atoms with E-state index >= 15 is 0 Å². The van der Waals surface area contributed by atoms with Crippen LogP contribution < -0.4 is 10.9 Å². The Morgan fingerprint density at radius 2 is 1.52 bits per heavy atom. The fourth-order valence-corrected chi connectivity index (χ4v) is 1.77. The third-order valence-electron chi connectivity index (χ3n) is 3.17. The van der Waals surface area contributed by atoms with Gasteiger partial charge in [-0.15, -0.1) is 0 Å². The van der Waals surface area contributed by atoms with Gasteiger partial charge in [0.15, 0.2) is 11.5 Å². The molecule has 4 N–H and O–H groups in total. The van der Waals surface area contributed by atoms with Gasteiger partial charge in [-0.3, -0.25) is 9.59 Å². The SMILES string of the molecule is CC(C)c1cc(=O)c(O)c[nH]1.CC(C)c1cc(=O)c(O)cn1O. The molecule has 2 rings (SSSR count). The van der Waals surface area contributed by atoms with Crippen molar-refractivity contribution in [1.82, 2.24) is 9.71 Å². The fourth-order valence-electron chi connectivity index (χ4n) is 1.77. The summed E-state index contributed by atoms with van der Waals surface area (Å²) < 4.78 is 0.765. The first-order valence-electron chi connectivity index (χ1n) is 7.19. The van der Waals surface area contributed by atoms with Crippen molar-refractivity contribution in [3.8, 4) is 11.5 Å². The molecule has 0 bridgehead atoms. The number of pyridine rings is 2. The molecule has 0 amide bonds. The molecule has 0 spiro atoms. The van der Waals surface area contributed by atoms with Gasteiger partial charge in [-0.1, -0.05) is 27.7 Å². The number of nitrogens with one attached hydrogen (secondary N) is 1. The van der Waals surface area contributed by atoms with E-state index in [9.17, 15) is 14.8 Å². The van der Waals surface area contributed by atoms with Crippen molar-refractivity contribution >= 4 is 0 Å². The van der Waals surface area contributed by atoms with Gasteiger partial charge in [0, 0.05) is 24.0 Å². The quantitative estimate of drug-likeness (QED) is 0.632. The predicted octanol–water partition coefficient (Wildman–Crippen LogP) is 2.12. The minimum absolute atomic E-state index is 0.0447. The van der Waals surface area contributed by atoms with Crippen LogP contribution in [-0.2, 0) is 0 Å². The molecule has 0 fully saturated rings. The number of hydrogen-bond donors (Lipinski definition) is 4. The van der Waals surface area contributed by atoms with E-state index in [0.29, 0.717) is 5.69 Å². The molecule has 0 saturated heterocycles. The standard InChI is InChI=1S/C8H11NO3.C8H11NO2/c1-5(2)6-3-7(10)8(11)4-9(6)12;1-5(2)6-3-7(10)8(11)4-9-6/h3-5,11-12H,1-2H3;3-5,11H,1-2H3,(H,9,10). The third kappa shape index (κ3) is 4.91. The number of nitrogens with zero attached hydrogens (tertiary/aromatic N) is 1. The van der Waals surface area contributed by atoms with Crippen molar-refractivity contribution < 1.29 is 15.4 Å². The van der Waals surface area contributed by atoms with Crippen LogP contribution in [0, 0.1) is 0 Å². The van der Waals surface area contributed by atoms with Crippen LogP contribution in [0.4, 0.5) is 0 Å². The zero-order chi connectivity index (χ0) is 17.7. The van der Waals surface area contributed by atoms with E-state index < -0.39 is 11.2 Å². The highest BCUT2D eigenvalue weighted by Crippen LogP contribution is 2.12. The maximum absolute atomic E-state index is 10.9. The number of aromatic nitrogens is 2. The highest BCUT2D eigenvalue weighted by atomic mass is 16.5. The molecule has 2 aromatic heterocycles. The van der Waals surface area contributed by atoms with Gasteiger partial charge in [0.2, 0.25) is 10.9 Å². The molecule has 2 heterocycles. The summed E-state index contributed by atoms with van der Waals surface area (Å²) in [6.07, 6.45) is 2.31. The van der Waals surface area contributed by atoms with Gasteiger partial charge in [-0.25, -0.2) is 0 Å². The molecule has 0 unspecified atom stereocenters. The van der Waals surface area contributed by atoms with E-state index in [1.54, 1.807) is 0 Å². The van der Waals surface area contributed by atoms with Crippen LogP contribution in [0.15, 0.2) is 34.1 Å². The summed E-state index contributed by atoms with van der Waals surface area (Å²) in [5.74, 6) is -0.345. The van der Waals surface area contributed by atoms with E-state index in [1.807, 2.05) is 27.7 Å². The van der Waals surface area contributed by atoms with Gasteiger partial charge in [-0.05, 0) is 11.8 Å². The van der Waals surface area contributed by atoms with Crippen molar-refractivity contribution in [1.29, 1.82) is 0 Å².